The van der Waals surface area contributed by atoms with Crippen LogP contribution in [0.1, 0.15) is 44.2 Å². The molecule has 1 fully saturated rings. The molecule has 1 aromatic rings. The van der Waals surface area contributed by atoms with Gasteiger partial charge in [-0.25, -0.2) is 0 Å². The van der Waals surface area contributed by atoms with Gasteiger partial charge >= 0.3 is 0 Å². The van der Waals surface area contributed by atoms with Crippen molar-refractivity contribution < 1.29 is 5.11 Å². The summed E-state index contributed by atoms with van der Waals surface area (Å²) in [5.41, 5.74) is 2.08. The van der Waals surface area contributed by atoms with Crippen molar-refractivity contribution >= 4 is 0 Å². The molecule has 2 rings (SSSR count). The van der Waals surface area contributed by atoms with Crippen LogP contribution < -0.4 is 0 Å². The maximum absolute atomic E-state index is 10.8. The van der Waals surface area contributed by atoms with Crippen LogP contribution in [0.5, 0.6) is 0 Å². The first-order chi connectivity index (χ1) is 7.43. The third-order valence-corrected chi connectivity index (χ3v) is 4.23. The molecule has 1 unspecified atom stereocenters. The van der Waals surface area contributed by atoms with Crippen LogP contribution in [0, 0.1) is 12.3 Å². The van der Waals surface area contributed by atoms with E-state index in [9.17, 15) is 5.11 Å². The maximum Gasteiger partial charge on any atom is 0.0738 e. The molecule has 1 saturated carbocycles. The van der Waals surface area contributed by atoms with E-state index in [0.29, 0.717) is 0 Å². The summed E-state index contributed by atoms with van der Waals surface area (Å²) in [6, 6.07) is 8.50. The SMILES string of the molecule is Cc1cccc(CC2(O)CCCC2(C)C)c1. The molecule has 1 aliphatic rings. The van der Waals surface area contributed by atoms with Gasteiger partial charge in [0.2, 0.25) is 0 Å². The average molecular weight is 218 g/mol. The van der Waals surface area contributed by atoms with Crippen LogP contribution >= 0.6 is 0 Å². The molecule has 1 N–H and O–H groups in total. The van der Waals surface area contributed by atoms with Crippen LogP contribution in [0.3, 0.4) is 0 Å². The lowest BCUT2D eigenvalue weighted by Crippen LogP contribution is -2.41. The van der Waals surface area contributed by atoms with E-state index < -0.39 is 5.60 Å². The van der Waals surface area contributed by atoms with E-state index in [1.165, 1.54) is 11.1 Å². The van der Waals surface area contributed by atoms with Crippen LogP contribution in [-0.4, -0.2) is 10.7 Å². The number of aryl methyl sites for hydroxylation is 1. The summed E-state index contributed by atoms with van der Waals surface area (Å²) in [6.07, 6.45) is 4.01. The van der Waals surface area contributed by atoms with Crippen LogP contribution in [0.15, 0.2) is 24.3 Å². The zero-order chi connectivity index (χ0) is 11.8. The first-order valence-electron chi connectivity index (χ1n) is 6.21. The Balaban J connectivity index is 2.21. The van der Waals surface area contributed by atoms with Gasteiger partial charge in [-0.3, -0.25) is 0 Å². The molecule has 1 atom stereocenters. The summed E-state index contributed by atoms with van der Waals surface area (Å²) < 4.78 is 0. The highest BCUT2D eigenvalue weighted by Crippen LogP contribution is 2.47. The molecule has 0 spiro atoms. The Labute approximate surface area is 98.5 Å². The summed E-state index contributed by atoms with van der Waals surface area (Å²) in [7, 11) is 0. The molecular weight excluding hydrogens is 196 g/mol. The summed E-state index contributed by atoms with van der Waals surface area (Å²) >= 11 is 0. The van der Waals surface area contributed by atoms with Crippen molar-refractivity contribution in [2.24, 2.45) is 5.41 Å². The first kappa shape index (κ1) is 11.7. The Morgan fingerprint density at radius 3 is 2.56 bits per heavy atom. The average Bonchev–Trinajstić information content (AvgIpc) is 2.41. The Morgan fingerprint density at radius 1 is 1.25 bits per heavy atom. The molecule has 0 saturated heterocycles. The predicted octanol–water partition coefficient (Wildman–Crippen LogP) is 3.48. The van der Waals surface area contributed by atoms with Gasteiger partial charge in [0, 0.05) is 6.42 Å². The van der Waals surface area contributed by atoms with Crippen molar-refractivity contribution in [3.8, 4) is 0 Å². The lowest BCUT2D eigenvalue weighted by atomic mass is 9.74. The van der Waals surface area contributed by atoms with Gasteiger partial charge in [-0.15, -0.1) is 0 Å². The van der Waals surface area contributed by atoms with Crippen molar-refractivity contribution in [1.29, 1.82) is 0 Å². The summed E-state index contributed by atoms with van der Waals surface area (Å²) in [6.45, 7) is 6.49. The van der Waals surface area contributed by atoms with E-state index in [4.69, 9.17) is 0 Å². The minimum atomic E-state index is -0.513. The minimum Gasteiger partial charge on any atom is -0.389 e. The van der Waals surface area contributed by atoms with Gasteiger partial charge in [0.1, 0.15) is 0 Å². The second-order valence-electron chi connectivity index (χ2n) is 5.93. The Kier molecular flexibility index (Phi) is 2.83. The standard InChI is InChI=1S/C15H22O/c1-12-6-4-7-13(10-12)11-15(16)9-5-8-14(15,2)3/h4,6-7,10,16H,5,8-9,11H2,1-3H3. The highest BCUT2D eigenvalue weighted by atomic mass is 16.3. The van der Waals surface area contributed by atoms with Crippen molar-refractivity contribution in [1.82, 2.24) is 0 Å². The molecule has 1 aliphatic carbocycles. The van der Waals surface area contributed by atoms with E-state index in [2.05, 4.69) is 45.0 Å². The topological polar surface area (TPSA) is 20.2 Å². The van der Waals surface area contributed by atoms with E-state index in [-0.39, 0.29) is 5.41 Å². The molecule has 0 amide bonds. The van der Waals surface area contributed by atoms with Gasteiger partial charge in [-0.05, 0) is 37.2 Å². The van der Waals surface area contributed by atoms with Gasteiger partial charge in [-0.2, -0.15) is 0 Å². The van der Waals surface area contributed by atoms with E-state index >= 15 is 0 Å². The molecule has 1 aromatic carbocycles. The largest absolute Gasteiger partial charge is 0.389 e. The van der Waals surface area contributed by atoms with Gasteiger partial charge < -0.3 is 5.11 Å². The number of rotatable bonds is 2. The third-order valence-electron chi connectivity index (χ3n) is 4.23. The third kappa shape index (κ3) is 2.01. The Morgan fingerprint density at radius 2 is 2.00 bits per heavy atom. The molecule has 16 heavy (non-hydrogen) atoms. The minimum absolute atomic E-state index is 0.0523. The van der Waals surface area contributed by atoms with Gasteiger partial charge in [0.05, 0.1) is 5.60 Å². The fourth-order valence-corrected chi connectivity index (χ4v) is 2.88. The fourth-order valence-electron chi connectivity index (χ4n) is 2.88. The number of hydrogen-bond donors (Lipinski definition) is 1. The monoisotopic (exact) mass is 218 g/mol. The molecule has 0 aromatic heterocycles. The molecule has 1 nitrogen and oxygen atoms in total. The molecule has 88 valence electrons. The molecule has 0 heterocycles. The molecule has 0 aliphatic heterocycles. The van der Waals surface area contributed by atoms with Crippen molar-refractivity contribution in [2.75, 3.05) is 0 Å². The molecular formula is C15H22O. The van der Waals surface area contributed by atoms with Gasteiger partial charge in [0.25, 0.3) is 0 Å². The highest BCUT2D eigenvalue weighted by molar-refractivity contribution is 5.24. The second-order valence-corrected chi connectivity index (χ2v) is 5.93. The fraction of sp³-hybridized carbons (Fsp3) is 0.600. The van der Waals surface area contributed by atoms with Crippen LogP contribution in [0.25, 0.3) is 0 Å². The number of hydrogen-bond acceptors (Lipinski definition) is 1. The van der Waals surface area contributed by atoms with E-state index in [1.54, 1.807) is 0 Å². The molecule has 1 heteroatoms. The quantitative estimate of drug-likeness (QED) is 0.805. The normalized spacial score (nSPS) is 28.2. The first-order valence-corrected chi connectivity index (χ1v) is 6.21. The Hall–Kier alpha value is -0.820. The number of aliphatic hydroxyl groups is 1. The zero-order valence-electron chi connectivity index (χ0n) is 10.6. The van der Waals surface area contributed by atoms with Gasteiger partial charge in [-0.1, -0.05) is 43.7 Å². The Bertz CT molecular complexity index is 381. The van der Waals surface area contributed by atoms with Crippen molar-refractivity contribution in [3.05, 3.63) is 35.4 Å². The van der Waals surface area contributed by atoms with Crippen LogP contribution in [0.2, 0.25) is 0 Å². The van der Waals surface area contributed by atoms with Crippen molar-refractivity contribution in [3.63, 3.8) is 0 Å². The lowest BCUT2D eigenvalue weighted by Gasteiger charge is -2.37. The summed E-state index contributed by atoms with van der Waals surface area (Å²) in [4.78, 5) is 0. The molecule has 0 radical (unpaired) electrons. The summed E-state index contributed by atoms with van der Waals surface area (Å²) in [5, 5.41) is 10.8. The smallest absolute Gasteiger partial charge is 0.0738 e. The zero-order valence-corrected chi connectivity index (χ0v) is 10.6. The van der Waals surface area contributed by atoms with E-state index in [0.717, 1.165) is 25.7 Å². The lowest BCUT2D eigenvalue weighted by molar-refractivity contribution is -0.0419. The highest BCUT2D eigenvalue weighted by Gasteiger charge is 2.47. The second kappa shape index (κ2) is 3.89. The van der Waals surface area contributed by atoms with Crippen LogP contribution in [0.4, 0.5) is 0 Å². The summed E-state index contributed by atoms with van der Waals surface area (Å²) in [5.74, 6) is 0. The van der Waals surface area contributed by atoms with Crippen LogP contribution in [-0.2, 0) is 6.42 Å². The maximum atomic E-state index is 10.8. The molecule has 0 bridgehead atoms. The van der Waals surface area contributed by atoms with E-state index in [1.807, 2.05) is 0 Å². The van der Waals surface area contributed by atoms with Gasteiger partial charge in [0.15, 0.2) is 0 Å². The predicted molar refractivity (Wildman–Crippen MR) is 67.5 cm³/mol. The van der Waals surface area contributed by atoms with Crippen molar-refractivity contribution in [2.45, 2.75) is 52.1 Å². The number of benzene rings is 1.